The SMILES string of the molecule is NNC(CC1CCOCC1)c1ccc(C(F)(F)F)cn1. The van der Waals surface area contributed by atoms with Crippen LogP contribution in [-0.4, -0.2) is 18.2 Å². The van der Waals surface area contributed by atoms with Gasteiger partial charge < -0.3 is 4.74 Å². The largest absolute Gasteiger partial charge is 0.417 e. The van der Waals surface area contributed by atoms with Crippen LogP contribution in [0.5, 0.6) is 0 Å². The summed E-state index contributed by atoms with van der Waals surface area (Å²) >= 11 is 0. The van der Waals surface area contributed by atoms with Gasteiger partial charge in [-0.3, -0.25) is 16.3 Å². The van der Waals surface area contributed by atoms with E-state index in [1.165, 1.54) is 6.07 Å². The van der Waals surface area contributed by atoms with Crippen LogP contribution in [0.4, 0.5) is 13.2 Å². The molecule has 0 saturated carbocycles. The highest BCUT2D eigenvalue weighted by Crippen LogP contribution is 2.30. The second-order valence-corrected chi connectivity index (χ2v) is 4.98. The minimum absolute atomic E-state index is 0.236. The van der Waals surface area contributed by atoms with E-state index in [9.17, 15) is 13.2 Å². The Morgan fingerprint density at radius 1 is 1.35 bits per heavy atom. The van der Waals surface area contributed by atoms with Crippen molar-refractivity contribution in [3.05, 3.63) is 29.6 Å². The van der Waals surface area contributed by atoms with Crippen molar-refractivity contribution in [2.24, 2.45) is 11.8 Å². The fourth-order valence-corrected chi connectivity index (χ4v) is 2.37. The number of aromatic nitrogens is 1. The lowest BCUT2D eigenvalue weighted by Gasteiger charge is -2.26. The van der Waals surface area contributed by atoms with Crippen LogP contribution >= 0.6 is 0 Å². The first kappa shape index (κ1) is 15.2. The molecule has 0 aliphatic carbocycles. The zero-order valence-electron chi connectivity index (χ0n) is 11.0. The molecule has 7 heteroatoms. The van der Waals surface area contributed by atoms with Crippen molar-refractivity contribution >= 4 is 0 Å². The summed E-state index contributed by atoms with van der Waals surface area (Å²) in [5, 5.41) is 0. The molecule has 0 spiro atoms. The molecule has 3 N–H and O–H groups in total. The molecule has 112 valence electrons. The van der Waals surface area contributed by atoms with Crippen LogP contribution in [0.1, 0.15) is 36.6 Å². The Morgan fingerprint density at radius 3 is 2.55 bits per heavy atom. The molecule has 0 amide bonds. The Balaban J connectivity index is 2.03. The Bertz CT molecular complexity index is 416. The molecular formula is C13H18F3N3O. The summed E-state index contributed by atoms with van der Waals surface area (Å²) in [5.41, 5.74) is 2.43. The summed E-state index contributed by atoms with van der Waals surface area (Å²) in [5.74, 6) is 5.96. The van der Waals surface area contributed by atoms with E-state index in [0.29, 0.717) is 11.6 Å². The molecule has 1 atom stereocenters. The molecule has 2 rings (SSSR count). The van der Waals surface area contributed by atoms with Crippen molar-refractivity contribution < 1.29 is 17.9 Å². The van der Waals surface area contributed by atoms with Crippen LogP contribution in [0.15, 0.2) is 18.3 Å². The van der Waals surface area contributed by atoms with Gasteiger partial charge in [-0.05, 0) is 37.3 Å². The van der Waals surface area contributed by atoms with E-state index in [0.717, 1.165) is 44.7 Å². The van der Waals surface area contributed by atoms with Crippen molar-refractivity contribution in [2.75, 3.05) is 13.2 Å². The molecular weight excluding hydrogens is 271 g/mol. The second-order valence-electron chi connectivity index (χ2n) is 4.98. The number of halogens is 3. The molecule has 1 aliphatic rings. The monoisotopic (exact) mass is 289 g/mol. The molecule has 1 unspecified atom stereocenters. The number of nitrogens with one attached hydrogen (secondary N) is 1. The molecule has 4 nitrogen and oxygen atoms in total. The maximum absolute atomic E-state index is 12.5. The van der Waals surface area contributed by atoms with Crippen LogP contribution in [-0.2, 0) is 10.9 Å². The molecule has 1 aromatic heterocycles. The maximum atomic E-state index is 12.5. The first-order valence-corrected chi connectivity index (χ1v) is 6.57. The van der Waals surface area contributed by atoms with Crippen LogP contribution in [0.25, 0.3) is 0 Å². The van der Waals surface area contributed by atoms with E-state index >= 15 is 0 Å². The van der Waals surface area contributed by atoms with Crippen LogP contribution in [0.3, 0.4) is 0 Å². The number of rotatable bonds is 4. The smallest absolute Gasteiger partial charge is 0.381 e. The van der Waals surface area contributed by atoms with Gasteiger partial charge in [0.25, 0.3) is 0 Å². The molecule has 0 aromatic carbocycles. The van der Waals surface area contributed by atoms with Gasteiger partial charge in [0, 0.05) is 19.4 Å². The third-order valence-electron chi connectivity index (χ3n) is 3.58. The zero-order valence-corrected chi connectivity index (χ0v) is 11.0. The van der Waals surface area contributed by atoms with Gasteiger partial charge >= 0.3 is 6.18 Å². The third-order valence-corrected chi connectivity index (χ3v) is 3.58. The summed E-state index contributed by atoms with van der Waals surface area (Å²) in [6.07, 6.45) is -0.878. The van der Waals surface area contributed by atoms with E-state index in [-0.39, 0.29) is 6.04 Å². The van der Waals surface area contributed by atoms with Crippen molar-refractivity contribution in [1.29, 1.82) is 0 Å². The molecule has 0 radical (unpaired) electrons. The predicted octanol–water partition coefficient (Wildman–Crippen LogP) is 2.42. The molecule has 1 saturated heterocycles. The Hall–Kier alpha value is -1.18. The first-order chi connectivity index (χ1) is 9.50. The summed E-state index contributed by atoms with van der Waals surface area (Å²) in [6.45, 7) is 1.45. The highest BCUT2D eigenvalue weighted by molar-refractivity contribution is 5.19. The quantitative estimate of drug-likeness (QED) is 0.660. The van der Waals surface area contributed by atoms with Crippen molar-refractivity contribution in [1.82, 2.24) is 10.4 Å². The first-order valence-electron chi connectivity index (χ1n) is 6.57. The fourth-order valence-electron chi connectivity index (χ4n) is 2.37. The molecule has 1 fully saturated rings. The van der Waals surface area contributed by atoms with Gasteiger partial charge in [0.05, 0.1) is 17.3 Å². The van der Waals surface area contributed by atoms with Crippen LogP contribution in [0.2, 0.25) is 0 Å². The zero-order chi connectivity index (χ0) is 14.6. The summed E-state index contributed by atoms with van der Waals surface area (Å²) < 4.78 is 42.7. The van der Waals surface area contributed by atoms with Gasteiger partial charge in [-0.15, -0.1) is 0 Å². The van der Waals surface area contributed by atoms with Gasteiger partial charge in [-0.1, -0.05) is 0 Å². The number of nitrogens with zero attached hydrogens (tertiary/aromatic N) is 1. The fraction of sp³-hybridized carbons (Fsp3) is 0.615. The standard InChI is InChI=1S/C13H18F3N3O/c14-13(15,16)10-1-2-11(18-8-10)12(19-17)7-9-3-5-20-6-4-9/h1-2,8-9,12,19H,3-7,17H2. The van der Waals surface area contributed by atoms with E-state index in [2.05, 4.69) is 10.4 Å². The molecule has 2 heterocycles. The van der Waals surface area contributed by atoms with Gasteiger partial charge in [0.2, 0.25) is 0 Å². The number of nitrogens with two attached hydrogens (primary N) is 1. The number of hydrogen-bond donors (Lipinski definition) is 2. The summed E-state index contributed by atoms with van der Waals surface area (Å²) in [6, 6.07) is 2.18. The number of pyridine rings is 1. The summed E-state index contributed by atoms with van der Waals surface area (Å²) in [4.78, 5) is 3.89. The van der Waals surface area contributed by atoms with Crippen molar-refractivity contribution in [3.8, 4) is 0 Å². The van der Waals surface area contributed by atoms with Crippen molar-refractivity contribution in [3.63, 3.8) is 0 Å². The van der Waals surface area contributed by atoms with Gasteiger partial charge in [-0.2, -0.15) is 13.2 Å². The Morgan fingerprint density at radius 2 is 2.05 bits per heavy atom. The van der Waals surface area contributed by atoms with Crippen molar-refractivity contribution in [2.45, 2.75) is 31.5 Å². The average Bonchev–Trinajstić information content (AvgIpc) is 2.45. The van der Waals surface area contributed by atoms with E-state index in [1.54, 1.807) is 0 Å². The molecule has 0 bridgehead atoms. The van der Waals surface area contributed by atoms with E-state index < -0.39 is 11.7 Å². The lowest BCUT2D eigenvalue weighted by molar-refractivity contribution is -0.137. The molecule has 20 heavy (non-hydrogen) atoms. The van der Waals surface area contributed by atoms with Crippen LogP contribution in [0, 0.1) is 5.92 Å². The van der Waals surface area contributed by atoms with Gasteiger partial charge in [0.1, 0.15) is 0 Å². The normalized spacial score (nSPS) is 19.0. The summed E-state index contributed by atoms with van der Waals surface area (Å²) in [7, 11) is 0. The maximum Gasteiger partial charge on any atom is 0.417 e. The topological polar surface area (TPSA) is 60.2 Å². The average molecular weight is 289 g/mol. The minimum atomic E-state index is -4.36. The second kappa shape index (κ2) is 6.51. The highest BCUT2D eigenvalue weighted by Gasteiger charge is 2.31. The number of hydrazine groups is 1. The lowest BCUT2D eigenvalue weighted by atomic mass is 9.91. The predicted molar refractivity (Wildman–Crippen MR) is 67.5 cm³/mol. The number of hydrogen-bond acceptors (Lipinski definition) is 4. The molecule has 1 aliphatic heterocycles. The number of ether oxygens (including phenoxy) is 1. The minimum Gasteiger partial charge on any atom is -0.381 e. The van der Waals surface area contributed by atoms with E-state index in [1.807, 2.05) is 0 Å². The van der Waals surface area contributed by atoms with E-state index in [4.69, 9.17) is 10.6 Å². The highest BCUT2D eigenvalue weighted by atomic mass is 19.4. The van der Waals surface area contributed by atoms with Gasteiger partial charge in [0.15, 0.2) is 0 Å². The molecule has 1 aromatic rings. The number of alkyl halides is 3. The third kappa shape index (κ3) is 3.91. The lowest BCUT2D eigenvalue weighted by Crippen LogP contribution is -2.31. The Kier molecular flexibility index (Phi) is 4.95. The van der Waals surface area contributed by atoms with Crippen LogP contribution < -0.4 is 11.3 Å². The van der Waals surface area contributed by atoms with Gasteiger partial charge in [-0.25, -0.2) is 0 Å². The Labute approximate surface area is 115 Å².